The van der Waals surface area contributed by atoms with Crippen LogP contribution in [0.25, 0.3) is 0 Å². The molecule has 2 atom stereocenters. The number of hydrogen-bond acceptors (Lipinski definition) is 5. The summed E-state index contributed by atoms with van der Waals surface area (Å²) in [5.74, 6) is 2.19. The molecular weight excluding hydrogens is 480 g/mol. The van der Waals surface area contributed by atoms with E-state index in [2.05, 4.69) is 22.0 Å². The first-order chi connectivity index (χ1) is 15.1. The van der Waals surface area contributed by atoms with Crippen LogP contribution in [-0.2, 0) is 0 Å². The van der Waals surface area contributed by atoms with Crippen LogP contribution in [-0.4, -0.2) is 24.9 Å². The van der Waals surface area contributed by atoms with Gasteiger partial charge in [0.2, 0.25) is 6.23 Å². The van der Waals surface area contributed by atoms with Gasteiger partial charge in [-0.25, -0.2) is 5.01 Å². The van der Waals surface area contributed by atoms with E-state index >= 15 is 0 Å². The molecule has 31 heavy (non-hydrogen) atoms. The standard InChI is InChI=1S/C24H20BrClN2O3/c1-29-22-9-5-15(11-23(22)30-2)24-28-20(18-12-16(25)6-10-21(18)31-24)13-19(27-28)14-3-7-17(26)8-4-14/h3-12,20,24H,13H2,1-2H3/t20-,24+/m0/s1. The largest absolute Gasteiger partial charge is 0.493 e. The molecule has 0 spiro atoms. The van der Waals surface area contributed by atoms with E-state index in [-0.39, 0.29) is 12.3 Å². The van der Waals surface area contributed by atoms with Gasteiger partial charge in [0.05, 0.1) is 26.0 Å². The Kier molecular flexibility index (Phi) is 5.28. The third-order valence-corrected chi connectivity index (χ3v) is 6.37. The van der Waals surface area contributed by atoms with Crippen LogP contribution < -0.4 is 14.2 Å². The van der Waals surface area contributed by atoms with Crippen LogP contribution in [0.2, 0.25) is 5.02 Å². The Labute approximate surface area is 194 Å². The lowest BCUT2D eigenvalue weighted by Gasteiger charge is -2.38. The number of hydrazone groups is 1. The third kappa shape index (κ3) is 3.64. The lowest BCUT2D eigenvalue weighted by Crippen LogP contribution is -2.33. The molecule has 2 aliphatic rings. The van der Waals surface area contributed by atoms with Gasteiger partial charge in [-0.3, -0.25) is 0 Å². The maximum atomic E-state index is 6.44. The van der Waals surface area contributed by atoms with E-state index in [9.17, 15) is 0 Å². The molecule has 3 aromatic carbocycles. The van der Waals surface area contributed by atoms with Crippen LogP contribution in [0.3, 0.4) is 0 Å². The quantitative estimate of drug-likeness (QED) is 0.419. The summed E-state index contributed by atoms with van der Waals surface area (Å²) in [5.41, 5.74) is 4.11. The highest BCUT2D eigenvalue weighted by Crippen LogP contribution is 2.49. The molecule has 0 bridgehead atoms. The molecule has 0 unspecified atom stereocenters. The minimum atomic E-state index is -0.386. The fraction of sp³-hybridized carbons (Fsp3) is 0.208. The number of rotatable bonds is 4. The molecule has 0 saturated carbocycles. The van der Waals surface area contributed by atoms with Crippen molar-refractivity contribution in [3.05, 3.63) is 86.8 Å². The van der Waals surface area contributed by atoms with Gasteiger partial charge in [0, 0.05) is 27.0 Å². The summed E-state index contributed by atoms with van der Waals surface area (Å²) < 4.78 is 18.4. The molecule has 5 nitrogen and oxygen atoms in total. The van der Waals surface area contributed by atoms with Gasteiger partial charge in [-0.1, -0.05) is 39.7 Å². The maximum absolute atomic E-state index is 6.44. The minimum Gasteiger partial charge on any atom is -0.493 e. The molecule has 0 aliphatic carbocycles. The summed E-state index contributed by atoms with van der Waals surface area (Å²) in [6, 6.07) is 19.8. The second kappa shape index (κ2) is 8.09. The number of benzene rings is 3. The van der Waals surface area contributed by atoms with E-state index in [0.29, 0.717) is 16.5 Å². The maximum Gasteiger partial charge on any atom is 0.214 e. The highest BCUT2D eigenvalue weighted by atomic mass is 79.9. The summed E-state index contributed by atoms with van der Waals surface area (Å²) in [6.07, 6.45) is 0.390. The van der Waals surface area contributed by atoms with Crippen LogP contribution in [0.4, 0.5) is 0 Å². The normalized spacial score (nSPS) is 19.2. The molecule has 158 valence electrons. The number of halogens is 2. The first-order valence-corrected chi connectivity index (χ1v) is 11.0. The van der Waals surface area contributed by atoms with E-state index in [1.165, 1.54) is 0 Å². The molecule has 2 aliphatic heterocycles. The van der Waals surface area contributed by atoms with Crippen molar-refractivity contribution in [1.82, 2.24) is 5.01 Å². The van der Waals surface area contributed by atoms with E-state index < -0.39 is 0 Å². The average molecular weight is 500 g/mol. The summed E-state index contributed by atoms with van der Waals surface area (Å²) in [5, 5.41) is 7.74. The molecular formula is C24H20BrClN2O3. The molecule has 0 fully saturated rings. The first kappa shape index (κ1) is 20.2. The molecule has 3 aromatic rings. The highest BCUT2D eigenvalue weighted by molar-refractivity contribution is 9.10. The van der Waals surface area contributed by atoms with Crippen LogP contribution in [0.5, 0.6) is 17.2 Å². The van der Waals surface area contributed by atoms with Gasteiger partial charge in [0.15, 0.2) is 11.5 Å². The smallest absolute Gasteiger partial charge is 0.214 e. The molecule has 0 aromatic heterocycles. The van der Waals surface area contributed by atoms with Crippen molar-refractivity contribution in [1.29, 1.82) is 0 Å². The average Bonchev–Trinajstić information content (AvgIpc) is 3.24. The Morgan fingerprint density at radius 1 is 1.00 bits per heavy atom. The molecule has 5 rings (SSSR count). The second-order valence-corrected chi connectivity index (χ2v) is 8.77. The Morgan fingerprint density at radius 2 is 1.77 bits per heavy atom. The molecule has 0 amide bonds. The van der Waals surface area contributed by atoms with Crippen molar-refractivity contribution < 1.29 is 14.2 Å². The van der Waals surface area contributed by atoms with Crippen LogP contribution in [0, 0.1) is 0 Å². The zero-order valence-corrected chi connectivity index (χ0v) is 19.4. The van der Waals surface area contributed by atoms with Crippen molar-refractivity contribution in [3.8, 4) is 17.2 Å². The highest BCUT2D eigenvalue weighted by Gasteiger charge is 2.41. The first-order valence-electron chi connectivity index (χ1n) is 9.87. The fourth-order valence-electron chi connectivity index (χ4n) is 4.10. The number of fused-ring (bicyclic) bond motifs is 3. The van der Waals surface area contributed by atoms with Crippen LogP contribution in [0.15, 0.2) is 70.2 Å². The summed E-state index contributed by atoms with van der Waals surface area (Å²) in [4.78, 5) is 0. The van der Waals surface area contributed by atoms with Gasteiger partial charge in [-0.05, 0) is 54.1 Å². The van der Waals surface area contributed by atoms with E-state index in [1.54, 1.807) is 14.2 Å². The number of nitrogens with zero attached hydrogens (tertiary/aromatic N) is 2. The van der Waals surface area contributed by atoms with E-state index in [1.807, 2.05) is 59.6 Å². The van der Waals surface area contributed by atoms with Crippen molar-refractivity contribution in [2.75, 3.05) is 14.2 Å². The van der Waals surface area contributed by atoms with Gasteiger partial charge in [0.25, 0.3) is 0 Å². The van der Waals surface area contributed by atoms with E-state index in [0.717, 1.165) is 39.0 Å². The summed E-state index contributed by atoms with van der Waals surface area (Å²) in [6.45, 7) is 0. The van der Waals surface area contributed by atoms with Gasteiger partial charge >= 0.3 is 0 Å². The van der Waals surface area contributed by atoms with Crippen molar-refractivity contribution >= 4 is 33.2 Å². The number of methoxy groups -OCH3 is 2. The Morgan fingerprint density at radius 3 is 2.52 bits per heavy atom. The van der Waals surface area contributed by atoms with Crippen molar-refractivity contribution in [2.45, 2.75) is 18.7 Å². The SMILES string of the molecule is COc1ccc([C@H]2Oc3ccc(Br)cc3[C@@H]3CC(c4ccc(Cl)cc4)=NN23)cc1OC. The van der Waals surface area contributed by atoms with Gasteiger partial charge in [-0.15, -0.1) is 0 Å². The number of hydrogen-bond donors (Lipinski definition) is 0. The van der Waals surface area contributed by atoms with Gasteiger partial charge in [-0.2, -0.15) is 5.10 Å². The Balaban J connectivity index is 1.60. The monoisotopic (exact) mass is 498 g/mol. The van der Waals surface area contributed by atoms with E-state index in [4.69, 9.17) is 30.9 Å². The van der Waals surface area contributed by atoms with Crippen LogP contribution >= 0.6 is 27.5 Å². The predicted octanol–water partition coefficient (Wildman–Crippen LogP) is 6.36. The van der Waals surface area contributed by atoms with Crippen molar-refractivity contribution in [3.63, 3.8) is 0 Å². The topological polar surface area (TPSA) is 43.3 Å². The zero-order valence-electron chi connectivity index (χ0n) is 17.0. The lowest BCUT2D eigenvalue weighted by atomic mass is 9.96. The molecule has 2 heterocycles. The Hall–Kier alpha value is -2.70. The lowest BCUT2D eigenvalue weighted by molar-refractivity contribution is -0.0192. The van der Waals surface area contributed by atoms with Gasteiger partial charge < -0.3 is 14.2 Å². The molecule has 0 saturated heterocycles. The van der Waals surface area contributed by atoms with Gasteiger partial charge in [0.1, 0.15) is 5.75 Å². The summed E-state index contributed by atoms with van der Waals surface area (Å²) in [7, 11) is 3.26. The minimum absolute atomic E-state index is 0.0602. The second-order valence-electron chi connectivity index (χ2n) is 7.42. The zero-order chi connectivity index (χ0) is 21.5. The molecule has 7 heteroatoms. The van der Waals surface area contributed by atoms with Crippen LogP contribution in [0.1, 0.15) is 35.4 Å². The molecule has 0 radical (unpaired) electrons. The molecule has 0 N–H and O–H groups in total. The van der Waals surface area contributed by atoms with Crippen molar-refractivity contribution in [2.24, 2.45) is 5.10 Å². The summed E-state index contributed by atoms with van der Waals surface area (Å²) >= 11 is 9.68. The third-order valence-electron chi connectivity index (χ3n) is 5.62. The fourth-order valence-corrected chi connectivity index (χ4v) is 4.61. The predicted molar refractivity (Wildman–Crippen MR) is 124 cm³/mol. The number of ether oxygens (including phenoxy) is 3. The Bertz CT molecular complexity index is 1170.